The van der Waals surface area contributed by atoms with Crippen LogP contribution in [0.5, 0.6) is 0 Å². The lowest BCUT2D eigenvalue weighted by atomic mass is 9.91. The molecule has 1 fully saturated rings. The molecule has 0 radical (unpaired) electrons. The first kappa shape index (κ1) is 25.7. The Morgan fingerprint density at radius 1 is 1.10 bits per heavy atom. The van der Waals surface area contributed by atoms with Gasteiger partial charge in [0.05, 0.1) is 12.1 Å². The van der Waals surface area contributed by atoms with Crippen LogP contribution in [-0.2, 0) is 23.9 Å². The number of carbonyl (C=O) groups excluding carboxylic acids is 4. The van der Waals surface area contributed by atoms with Crippen molar-refractivity contribution in [3.8, 4) is 0 Å². The highest BCUT2D eigenvalue weighted by atomic mass is 16.6. The van der Waals surface area contributed by atoms with Crippen LogP contribution in [0.4, 0.5) is 4.79 Å². The molecule has 4 atom stereocenters. The lowest BCUT2D eigenvalue weighted by Gasteiger charge is -2.37. The molecule has 0 unspecified atom stereocenters. The highest BCUT2D eigenvalue weighted by molar-refractivity contribution is 5.83. The monoisotopic (exact) mass is 424 g/mol. The fraction of sp³-hybridized carbons (Fsp3) is 0.727. The zero-order chi connectivity index (χ0) is 23.3. The minimum absolute atomic E-state index is 0.00135. The molecule has 0 aromatic rings. The summed E-state index contributed by atoms with van der Waals surface area (Å²) in [5, 5.41) is 2.76. The molecule has 1 aliphatic heterocycles. The van der Waals surface area contributed by atoms with Crippen LogP contribution in [0.2, 0.25) is 0 Å². The van der Waals surface area contributed by atoms with E-state index in [1.165, 1.54) is 11.8 Å². The third-order valence-corrected chi connectivity index (χ3v) is 4.46. The molecule has 170 valence electrons. The largest absolute Gasteiger partial charge is 0.458 e. The van der Waals surface area contributed by atoms with E-state index in [9.17, 15) is 19.2 Å². The van der Waals surface area contributed by atoms with Gasteiger partial charge in [-0.15, -0.1) is 0 Å². The number of esters is 1. The van der Waals surface area contributed by atoms with Crippen LogP contribution in [0.1, 0.15) is 68.2 Å². The molecule has 0 aromatic carbocycles. The summed E-state index contributed by atoms with van der Waals surface area (Å²) < 4.78 is 11.1. The molecule has 0 aliphatic carbocycles. The van der Waals surface area contributed by atoms with E-state index < -0.39 is 41.4 Å². The van der Waals surface area contributed by atoms with Crippen molar-refractivity contribution in [1.82, 2.24) is 10.2 Å². The van der Waals surface area contributed by atoms with Gasteiger partial charge in [-0.25, -0.2) is 9.59 Å². The number of ether oxygens (including phenoxy) is 2. The first-order valence-corrected chi connectivity index (χ1v) is 10.3. The van der Waals surface area contributed by atoms with Gasteiger partial charge in [-0.3, -0.25) is 9.69 Å². The molecule has 2 amide bonds. The van der Waals surface area contributed by atoms with Gasteiger partial charge >= 0.3 is 12.1 Å². The number of hydrogen-bond acceptors (Lipinski definition) is 6. The molecule has 0 bridgehead atoms. The minimum Gasteiger partial charge on any atom is -0.458 e. The number of carbonyl (C=O) groups is 4. The highest BCUT2D eigenvalue weighted by Crippen LogP contribution is 2.36. The van der Waals surface area contributed by atoms with Gasteiger partial charge in [0.2, 0.25) is 5.91 Å². The number of nitrogens with zero attached hydrogens (tertiary/aromatic N) is 1. The third-order valence-electron chi connectivity index (χ3n) is 4.46. The zero-order valence-corrected chi connectivity index (χ0v) is 19.4. The Hall–Kier alpha value is -2.38. The molecule has 30 heavy (non-hydrogen) atoms. The van der Waals surface area contributed by atoms with Gasteiger partial charge < -0.3 is 19.6 Å². The van der Waals surface area contributed by atoms with Crippen molar-refractivity contribution < 1.29 is 28.7 Å². The number of rotatable bonds is 6. The number of amides is 2. The molecule has 8 heteroatoms. The molecule has 1 heterocycles. The van der Waals surface area contributed by atoms with Crippen molar-refractivity contribution in [3.05, 3.63) is 12.2 Å². The molecular formula is C22H36N2O6. The summed E-state index contributed by atoms with van der Waals surface area (Å²) in [6.45, 7) is 13.7. The Bertz CT molecular complexity index is 674. The summed E-state index contributed by atoms with van der Waals surface area (Å²) in [5.41, 5.74) is -1.52. The maximum absolute atomic E-state index is 13.2. The molecule has 0 spiro atoms. The first-order chi connectivity index (χ1) is 13.7. The van der Waals surface area contributed by atoms with Gasteiger partial charge in [0.25, 0.3) is 0 Å². The average Bonchev–Trinajstić information content (AvgIpc) is 2.90. The number of hydrogen-bond donors (Lipinski definition) is 1. The third kappa shape index (κ3) is 7.46. The van der Waals surface area contributed by atoms with Crippen LogP contribution in [0.25, 0.3) is 0 Å². The van der Waals surface area contributed by atoms with E-state index in [2.05, 4.69) is 5.32 Å². The quantitative estimate of drug-likeness (QED) is 0.399. The molecule has 1 aliphatic rings. The summed E-state index contributed by atoms with van der Waals surface area (Å²) >= 11 is 0. The number of likely N-dealkylation sites (tertiary alicyclic amines) is 1. The second-order valence-electron chi connectivity index (χ2n) is 9.56. The fourth-order valence-electron chi connectivity index (χ4n) is 3.65. The SMILES string of the molecule is C/C=C\[C@@H]1C[C@H](C(=O)OC(C)(C)C)N(C(=O)OC(C)(C)C)[C@H]1[C@H](CC=O)NC(C)=O. The van der Waals surface area contributed by atoms with Crippen LogP contribution in [-0.4, -0.2) is 58.5 Å². The van der Waals surface area contributed by atoms with Gasteiger partial charge in [-0.1, -0.05) is 12.2 Å². The van der Waals surface area contributed by atoms with Crippen LogP contribution in [0.3, 0.4) is 0 Å². The Morgan fingerprint density at radius 3 is 2.10 bits per heavy atom. The van der Waals surface area contributed by atoms with E-state index >= 15 is 0 Å². The number of aldehydes is 1. The molecule has 1 saturated heterocycles. The molecule has 0 saturated carbocycles. The van der Waals surface area contributed by atoms with Gasteiger partial charge in [0.1, 0.15) is 23.5 Å². The van der Waals surface area contributed by atoms with Crippen molar-refractivity contribution in [2.75, 3.05) is 0 Å². The van der Waals surface area contributed by atoms with Crippen LogP contribution in [0.15, 0.2) is 12.2 Å². The lowest BCUT2D eigenvalue weighted by molar-refractivity contribution is -0.160. The normalized spacial score (nSPS) is 23.2. The van der Waals surface area contributed by atoms with E-state index in [1.807, 2.05) is 19.1 Å². The maximum Gasteiger partial charge on any atom is 0.411 e. The number of allylic oxidation sites excluding steroid dienone is 1. The smallest absolute Gasteiger partial charge is 0.411 e. The number of nitrogens with one attached hydrogen (secondary N) is 1. The van der Waals surface area contributed by atoms with E-state index in [4.69, 9.17) is 9.47 Å². The van der Waals surface area contributed by atoms with Gasteiger partial charge in [0.15, 0.2) is 0 Å². The minimum atomic E-state index is -0.895. The summed E-state index contributed by atoms with van der Waals surface area (Å²) in [6.07, 6.45) is 4.02. The van der Waals surface area contributed by atoms with E-state index in [0.29, 0.717) is 12.7 Å². The topological polar surface area (TPSA) is 102 Å². The van der Waals surface area contributed by atoms with Crippen molar-refractivity contribution in [2.24, 2.45) is 5.92 Å². The van der Waals surface area contributed by atoms with E-state index in [0.717, 1.165) is 0 Å². The summed E-state index contributed by atoms with van der Waals surface area (Å²) in [5.74, 6) is -1.14. The second-order valence-corrected chi connectivity index (χ2v) is 9.56. The molecule has 1 N–H and O–H groups in total. The Labute approximate surface area is 179 Å². The fourth-order valence-corrected chi connectivity index (χ4v) is 3.65. The zero-order valence-electron chi connectivity index (χ0n) is 19.4. The summed E-state index contributed by atoms with van der Waals surface area (Å²) in [6, 6.07) is -2.20. The van der Waals surface area contributed by atoms with Crippen LogP contribution in [0, 0.1) is 5.92 Å². The molecule has 8 nitrogen and oxygen atoms in total. The molecule has 1 rings (SSSR count). The Morgan fingerprint density at radius 2 is 1.67 bits per heavy atom. The highest BCUT2D eigenvalue weighted by Gasteiger charge is 2.51. The average molecular weight is 425 g/mol. The van der Waals surface area contributed by atoms with E-state index in [1.54, 1.807) is 41.5 Å². The predicted octanol–water partition coefficient (Wildman–Crippen LogP) is 2.99. The molecular weight excluding hydrogens is 388 g/mol. The summed E-state index contributed by atoms with van der Waals surface area (Å²) in [4.78, 5) is 50.6. The van der Waals surface area contributed by atoms with Crippen LogP contribution >= 0.6 is 0 Å². The standard InChI is InChI=1S/C22H36N2O6/c1-9-10-15-13-17(19(27)29-21(3,4)5)24(20(28)30-22(6,7)8)18(15)16(11-12-25)23-14(2)26/h9-10,12,15-18H,11,13H2,1-8H3,(H,23,26)/b10-9-/t15-,16+,17-,18-/m1/s1. The van der Waals surface area contributed by atoms with Gasteiger partial charge in [-0.2, -0.15) is 0 Å². The van der Waals surface area contributed by atoms with Crippen molar-refractivity contribution in [2.45, 2.75) is 97.6 Å². The Balaban J connectivity index is 3.46. The first-order valence-electron chi connectivity index (χ1n) is 10.3. The van der Waals surface area contributed by atoms with E-state index in [-0.39, 0.29) is 18.2 Å². The van der Waals surface area contributed by atoms with Crippen LogP contribution < -0.4 is 5.32 Å². The van der Waals surface area contributed by atoms with Crippen molar-refractivity contribution >= 4 is 24.3 Å². The van der Waals surface area contributed by atoms with Gasteiger partial charge in [0, 0.05) is 19.3 Å². The molecule has 0 aromatic heterocycles. The van der Waals surface area contributed by atoms with Crippen molar-refractivity contribution in [3.63, 3.8) is 0 Å². The van der Waals surface area contributed by atoms with Gasteiger partial charge in [-0.05, 0) is 54.9 Å². The van der Waals surface area contributed by atoms with Crippen molar-refractivity contribution in [1.29, 1.82) is 0 Å². The maximum atomic E-state index is 13.2. The lowest BCUT2D eigenvalue weighted by Crippen LogP contribution is -2.56. The second kappa shape index (κ2) is 10.1. The summed E-state index contributed by atoms with van der Waals surface area (Å²) in [7, 11) is 0. The predicted molar refractivity (Wildman–Crippen MR) is 113 cm³/mol. The Kier molecular flexibility index (Phi) is 8.63.